The Morgan fingerprint density at radius 1 is 1.60 bits per heavy atom. The van der Waals surface area contributed by atoms with Crippen LogP contribution in [0.25, 0.3) is 0 Å². The third-order valence-electron chi connectivity index (χ3n) is 1.58. The van der Waals surface area contributed by atoms with Gasteiger partial charge < -0.3 is 10.1 Å². The van der Waals surface area contributed by atoms with Crippen molar-refractivity contribution in [3.63, 3.8) is 0 Å². The molecule has 0 saturated carbocycles. The number of rotatable bonds is 3. The minimum atomic E-state index is -3.17. The third kappa shape index (κ3) is 2.44. The Morgan fingerprint density at radius 2 is 2.20 bits per heavy atom. The molecule has 0 fully saturated rings. The molecule has 15 heavy (non-hydrogen) atoms. The first kappa shape index (κ1) is 11.9. The van der Waals surface area contributed by atoms with E-state index in [1.165, 1.54) is 0 Å². The Hall–Kier alpha value is -1.18. The second-order valence-corrected chi connectivity index (χ2v) is 3.09. The summed E-state index contributed by atoms with van der Waals surface area (Å²) in [7, 11) is 0. The second kappa shape index (κ2) is 4.56. The van der Waals surface area contributed by atoms with Crippen LogP contribution >= 0.6 is 15.9 Å². The zero-order chi connectivity index (χ0) is 11.6. The predicted octanol–water partition coefficient (Wildman–Crippen LogP) is 2.96. The number of alkyl halides is 3. The topological polar surface area (TPSA) is 56.0 Å². The van der Waals surface area contributed by atoms with Gasteiger partial charge in [-0.2, -0.15) is 0 Å². The molecule has 0 amide bonds. The average Bonchev–Trinajstić information content (AvgIpc) is 2.16. The van der Waals surface area contributed by atoms with Gasteiger partial charge in [-0.15, -0.1) is 0 Å². The highest BCUT2D eigenvalue weighted by Gasteiger charge is 2.27. The maximum atomic E-state index is 12.9. The van der Waals surface area contributed by atoms with Crippen LogP contribution in [0, 0.1) is 15.9 Å². The van der Waals surface area contributed by atoms with Gasteiger partial charge in [0.1, 0.15) is 0 Å². The zero-order valence-corrected chi connectivity index (χ0v) is 8.67. The molecule has 82 valence electrons. The molecule has 0 spiro atoms. The summed E-state index contributed by atoms with van der Waals surface area (Å²) in [6, 6.07) is 0.682. The van der Waals surface area contributed by atoms with Crippen molar-refractivity contribution in [1.82, 2.24) is 4.98 Å². The van der Waals surface area contributed by atoms with E-state index in [9.17, 15) is 23.3 Å². The van der Waals surface area contributed by atoms with Crippen LogP contribution in [-0.4, -0.2) is 9.91 Å². The van der Waals surface area contributed by atoms with E-state index in [1.807, 2.05) is 0 Å². The molecule has 0 aliphatic carbocycles. The second-order valence-electron chi connectivity index (χ2n) is 2.53. The lowest BCUT2D eigenvalue weighted by Gasteiger charge is -2.01. The molecule has 0 saturated heterocycles. The summed E-state index contributed by atoms with van der Waals surface area (Å²) in [6.45, 7) is 0. The molecular formula is C7H4BrF3N2O2. The molecule has 1 aromatic rings. The molecule has 1 heterocycles. The van der Waals surface area contributed by atoms with Crippen LogP contribution in [-0.2, 0) is 5.33 Å². The first-order valence-electron chi connectivity index (χ1n) is 3.65. The molecule has 8 heteroatoms. The molecule has 0 aliphatic heterocycles. The fourth-order valence-electron chi connectivity index (χ4n) is 0.940. The van der Waals surface area contributed by atoms with Crippen molar-refractivity contribution in [2.75, 3.05) is 0 Å². The predicted molar refractivity (Wildman–Crippen MR) is 48.4 cm³/mol. The summed E-state index contributed by atoms with van der Waals surface area (Å²) in [5.41, 5.74) is -1.28. The summed E-state index contributed by atoms with van der Waals surface area (Å²) in [6.07, 6.45) is -3.17. The van der Waals surface area contributed by atoms with Gasteiger partial charge in [0.15, 0.2) is 5.82 Å². The lowest BCUT2D eigenvalue weighted by Crippen LogP contribution is -2.04. The molecule has 0 atom stereocenters. The van der Waals surface area contributed by atoms with Crippen molar-refractivity contribution >= 4 is 21.7 Å². The SMILES string of the molecule is O=[N+]([O-])c1nc(C(F)F)c(F)cc1CBr. The number of nitrogens with zero attached hydrogens (tertiary/aromatic N) is 2. The molecule has 0 aliphatic rings. The van der Waals surface area contributed by atoms with E-state index in [-0.39, 0.29) is 10.9 Å². The van der Waals surface area contributed by atoms with Crippen LogP contribution in [0.3, 0.4) is 0 Å². The molecule has 0 N–H and O–H groups in total. The number of hydrogen-bond donors (Lipinski definition) is 0. The van der Waals surface area contributed by atoms with Gasteiger partial charge in [-0.1, -0.05) is 15.9 Å². The average molecular weight is 285 g/mol. The Balaban J connectivity index is 3.37. The van der Waals surface area contributed by atoms with Crippen LogP contribution in [0.5, 0.6) is 0 Å². The van der Waals surface area contributed by atoms with Gasteiger partial charge in [-0.25, -0.2) is 13.2 Å². The van der Waals surface area contributed by atoms with Crippen LogP contribution in [0.2, 0.25) is 0 Å². The molecule has 4 nitrogen and oxygen atoms in total. The summed E-state index contributed by atoms with van der Waals surface area (Å²) in [5, 5.41) is 10.4. The summed E-state index contributed by atoms with van der Waals surface area (Å²) < 4.78 is 37.3. The molecule has 0 radical (unpaired) electrons. The molecule has 0 aromatic carbocycles. The van der Waals surface area contributed by atoms with Crippen LogP contribution < -0.4 is 0 Å². The minimum absolute atomic E-state index is 0.0310. The molecule has 1 rings (SSSR count). The van der Waals surface area contributed by atoms with Crippen LogP contribution in [0.1, 0.15) is 17.7 Å². The van der Waals surface area contributed by atoms with Crippen molar-refractivity contribution in [3.8, 4) is 0 Å². The van der Waals surface area contributed by atoms with Crippen molar-refractivity contribution in [2.45, 2.75) is 11.8 Å². The number of hydrogen-bond acceptors (Lipinski definition) is 3. The fraction of sp³-hybridized carbons (Fsp3) is 0.286. The van der Waals surface area contributed by atoms with Gasteiger partial charge in [0.2, 0.25) is 0 Å². The number of pyridine rings is 1. The van der Waals surface area contributed by atoms with E-state index in [0.29, 0.717) is 6.07 Å². The number of aromatic nitrogens is 1. The van der Waals surface area contributed by atoms with Gasteiger partial charge in [0.25, 0.3) is 5.69 Å². The summed E-state index contributed by atoms with van der Waals surface area (Å²) >= 11 is 2.87. The molecule has 0 bridgehead atoms. The van der Waals surface area contributed by atoms with Crippen molar-refractivity contribution in [1.29, 1.82) is 0 Å². The molecule has 1 aromatic heterocycles. The normalized spacial score (nSPS) is 10.7. The highest BCUT2D eigenvalue weighted by Crippen LogP contribution is 2.26. The fourth-order valence-corrected chi connectivity index (χ4v) is 1.35. The van der Waals surface area contributed by atoms with E-state index in [2.05, 4.69) is 20.9 Å². The van der Waals surface area contributed by atoms with Crippen molar-refractivity contribution in [3.05, 3.63) is 33.3 Å². The lowest BCUT2D eigenvalue weighted by molar-refractivity contribution is -0.390. The smallest absolute Gasteiger partial charge is 0.358 e. The maximum Gasteiger partial charge on any atom is 0.368 e. The van der Waals surface area contributed by atoms with Gasteiger partial charge >= 0.3 is 12.2 Å². The number of halogens is 4. The first-order valence-corrected chi connectivity index (χ1v) is 4.77. The Morgan fingerprint density at radius 3 is 2.60 bits per heavy atom. The van der Waals surface area contributed by atoms with E-state index in [1.54, 1.807) is 0 Å². The van der Waals surface area contributed by atoms with Gasteiger partial charge in [-0.3, -0.25) is 0 Å². The Labute approximate surface area is 90.4 Å². The van der Waals surface area contributed by atoms with E-state index >= 15 is 0 Å². The van der Waals surface area contributed by atoms with Gasteiger partial charge in [0.05, 0.1) is 5.56 Å². The zero-order valence-electron chi connectivity index (χ0n) is 7.08. The summed E-state index contributed by atoms with van der Waals surface area (Å²) in [5.74, 6) is -2.01. The van der Waals surface area contributed by atoms with Crippen molar-refractivity contribution < 1.29 is 18.1 Å². The molecule has 0 unspecified atom stereocenters. The highest BCUT2D eigenvalue weighted by molar-refractivity contribution is 9.08. The van der Waals surface area contributed by atoms with Crippen molar-refractivity contribution in [2.24, 2.45) is 0 Å². The lowest BCUT2D eigenvalue weighted by atomic mass is 10.2. The quantitative estimate of drug-likeness (QED) is 0.487. The first-order chi connectivity index (χ1) is 6.97. The van der Waals surface area contributed by atoms with Crippen LogP contribution in [0.15, 0.2) is 6.07 Å². The molecular weight excluding hydrogens is 281 g/mol. The minimum Gasteiger partial charge on any atom is -0.358 e. The van der Waals surface area contributed by atoms with E-state index in [4.69, 9.17) is 0 Å². The maximum absolute atomic E-state index is 12.9. The monoisotopic (exact) mass is 284 g/mol. The number of nitro groups is 1. The summed E-state index contributed by atoms with van der Waals surface area (Å²) in [4.78, 5) is 12.5. The Bertz CT molecular complexity index is 400. The highest BCUT2D eigenvalue weighted by atomic mass is 79.9. The Kier molecular flexibility index (Phi) is 3.61. The van der Waals surface area contributed by atoms with Gasteiger partial charge in [-0.05, 0) is 16.0 Å². The van der Waals surface area contributed by atoms with E-state index in [0.717, 1.165) is 0 Å². The standard InChI is InChI=1S/C7H4BrF3N2O2/c8-2-3-1-4(9)5(6(10)11)12-7(3)13(14)15/h1,6H,2H2. The van der Waals surface area contributed by atoms with Gasteiger partial charge in [0, 0.05) is 5.33 Å². The third-order valence-corrected chi connectivity index (χ3v) is 2.19. The van der Waals surface area contributed by atoms with E-state index < -0.39 is 28.7 Å². The van der Waals surface area contributed by atoms with Crippen LogP contribution in [0.4, 0.5) is 19.0 Å². The largest absolute Gasteiger partial charge is 0.368 e.